The highest BCUT2D eigenvalue weighted by Crippen LogP contribution is 2.35. The molecule has 3 nitrogen and oxygen atoms in total. The van der Waals surface area contributed by atoms with E-state index in [1.54, 1.807) is 18.2 Å². The Kier molecular flexibility index (Phi) is 5.11. The lowest BCUT2D eigenvalue weighted by Gasteiger charge is -2.13. The second-order valence-electron chi connectivity index (χ2n) is 4.56. The fourth-order valence-corrected chi connectivity index (χ4v) is 2.75. The first kappa shape index (κ1) is 16.1. The minimum Gasteiger partial charge on any atom is -0.503 e. The number of anilines is 1. The van der Waals surface area contributed by atoms with Gasteiger partial charge in [0.25, 0.3) is 0 Å². The molecule has 0 aromatic heterocycles. The number of hydrogen-bond acceptors (Lipinski definition) is 3. The number of rotatable bonds is 4. The smallest absolute Gasteiger partial charge is 0.172 e. The summed E-state index contributed by atoms with van der Waals surface area (Å²) in [5.41, 5.74) is 2.59. The summed E-state index contributed by atoms with van der Waals surface area (Å²) in [6.07, 6.45) is 0. The third-order valence-corrected chi connectivity index (χ3v) is 4.27. The molecule has 0 heterocycles. The Morgan fingerprint density at radius 1 is 1.19 bits per heavy atom. The van der Waals surface area contributed by atoms with Crippen LogP contribution < -0.4 is 10.1 Å². The van der Waals surface area contributed by atoms with Gasteiger partial charge < -0.3 is 15.2 Å². The van der Waals surface area contributed by atoms with Gasteiger partial charge in [0.1, 0.15) is 5.82 Å². The first-order valence-electron chi connectivity index (χ1n) is 6.17. The van der Waals surface area contributed by atoms with Gasteiger partial charge in [0.15, 0.2) is 11.5 Å². The fourth-order valence-electron chi connectivity index (χ4n) is 1.92. The molecule has 0 saturated heterocycles. The summed E-state index contributed by atoms with van der Waals surface area (Å²) in [6, 6.07) is 6.73. The molecule has 0 spiro atoms. The SMILES string of the molecule is COc1cc(CNc2cc(Br)c(F)cc2C)cc(Br)c1O. The Morgan fingerprint density at radius 3 is 2.57 bits per heavy atom. The Hall–Kier alpha value is -1.27. The van der Waals surface area contributed by atoms with Crippen molar-refractivity contribution in [3.63, 3.8) is 0 Å². The molecule has 2 rings (SSSR count). The Labute approximate surface area is 139 Å². The molecule has 2 aromatic carbocycles. The minimum atomic E-state index is -0.285. The molecule has 0 atom stereocenters. The van der Waals surface area contributed by atoms with E-state index in [0.717, 1.165) is 16.8 Å². The average Bonchev–Trinajstić information content (AvgIpc) is 2.44. The van der Waals surface area contributed by atoms with Gasteiger partial charge in [0.05, 0.1) is 16.1 Å². The summed E-state index contributed by atoms with van der Waals surface area (Å²) in [6.45, 7) is 2.36. The summed E-state index contributed by atoms with van der Waals surface area (Å²) in [7, 11) is 1.50. The number of nitrogens with one attached hydrogen (secondary N) is 1. The maximum atomic E-state index is 13.4. The van der Waals surface area contributed by atoms with Gasteiger partial charge in [-0.15, -0.1) is 0 Å². The van der Waals surface area contributed by atoms with E-state index in [2.05, 4.69) is 37.2 Å². The Morgan fingerprint density at radius 2 is 1.90 bits per heavy atom. The topological polar surface area (TPSA) is 41.5 Å². The van der Waals surface area contributed by atoms with E-state index in [1.807, 2.05) is 6.92 Å². The quantitative estimate of drug-likeness (QED) is 0.735. The number of hydrogen-bond donors (Lipinski definition) is 2. The third kappa shape index (κ3) is 3.68. The summed E-state index contributed by atoms with van der Waals surface area (Å²) >= 11 is 6.46. The van der Waals surface area contributed by atoms with Crippen molar-refractivity contribution in [1.29, 1.82) is 0 Å². The third-order valence-electron chi connectivity index (χ3n) is 3.06. The van der Waals surface area contributed by atoms with Crippen LogP contribution >= 0.6 is 31.9 Å². The van der Waals surface area contributed by atoms with E-state index in [9.17, 15) is 9.50 Å². The van der Waals surface area contributed by atoms with Crippen LogP contribution in [0.3, 0.4) is 0 Å². The van der Waals surface area contributed by atoms with Crippen molar-refractivity contribution in [3.8, 4) is 11.5 Å². The molecule has 0 aliphatic rings. The van der Waals surface area contributed by atoms with Gasteiger partial charge >= 0.3 is 0 Å². The largest absolute Gasteiger partial charge is 0.503 e. The highest BCUT2D eigenvalue weighted by atomic mass is 79.9. The van der Waals surface area contributed by atoms with Crippen molar-refractivity contribution >= 4 is 37.5 Å². The molecular formula is C15H14Br2FNO2. The maximum absolute atomic E-state index is 13.4. The summed E-state index contributed by atoms with van der Waals surface area (Å²) < 4.78 is 19.5. The number of ether oxygens (including phenoxy) is 1. The molecule has 0 aliphatic heterocycles. The predicted molar refractivity (Wildman–Crippen MR) is 88.5 cm³/mol. The van der Waals surface area contributed by atoms with E-state index in [1.165, 1.54) is 13.2 Å². The molecule has 2 N–H and O–H groups in total. The van der Waals surface area contributed by atoms with Crippen LogP contribution in [0, 0.1) is 12.7 Å². The molecule has 6 heteroatoms. The molecule has 2 aromatic rings. The number of phenolic OH excluding ortho intramolecular Hbond substituents is 1. The summed E-state index contributed by atoms with van der Waals surface area (Å²) in [4.78, 5) is 0. The van der Waals surface area contributed by atoms with Gasteiger partial charge in [-0.25, -0.2) is 4.39 Å². The van der Waals surface area contributed by atoms with Crippen molar-refractivity contribution in [2.45, 2.75) is 13.5 Å². The van der Waals surface area contributed by atoms with Crippen molar-refractivity contribution < 1.29 is 14.2 Å². The van der Waals surface area contributed by atoms with E-state index in [4.69, 9.17) is 4.74 Å². The lowest BCUT2D eigenvalue weighted by molar-refractivity contribution is 0.371. The van der Waals surface area contributed by atoms with E-state index in [0.29, 0.717) is 21.2 Å². The molecule has 0 radical (unpaired) electrons. The standard InChI is InChI=1S/C15H14Br2FNO2/c1-8-3-12(18)10(16)6-13(8)19-7-9-4-11(17)15(20)14(5-9)21-2/h3-6,19-20H,7H2,1-2H3. The Balaban J connectivity index is 2.21. The molecule has 0 fully saturated rings. The van der Waals surface area contributed by atoms with Crippen LogP contribution in [0.15, 0.2) is 33.2 Å². The van der Waals surface area contributed by atoms with Crippen LogP contribution in [-0.2, 0) is 6.54 Å². The number of methoxy groups -OCH3 is 1. The highest BCUT2D eigenvalue weighted by molar-refractivity contribution is 9.10. The predicted octanol–water partition coefficient (Wildman–Crippen LogP) is 4.99. The van der Waals surface area contributed by atoms with Gasteiger partial charge in [-0.3, -0.25) is 0 Å². The van der Waals surface area contributed by atoms with Crippen LogP contribution in [0.4, 0.5) is 10.1 Å². The van der Waals surface area contributed by atoms with Crippen LogP contribution in [-0.4, -0.2) is 12.2 Å². The van der Waals surface area contributed by atoms with E-state index >= 15 is 0 Å². The average molecular weight is 419 g/mol. The van der Waals surface area contributed by atoms with Crippen molar-refractivity contribution in [3.05, 3.63) is 50.2 Å². The molecule has 21 heavy (non-hydrogen) atoms. The normalized spacial score (nSPS) is 10.5. The summed E-state index contributed by atoms with van der Waals surface area (Å²) in [5.74, 6) is 0.187. The number of aryl methyl sites for hydroxylation is 1. The van der Waals surface area contributed by atoms with Gasteiger partial charge in [0.2, 0.25) is 0 Å². The maximum Gasteiger partial charge on any atom is 0.172 e. The van der Waals surface area contributed by atoms with Gasteiger partial charge in [0, 0.05) is 12.2 Å². The number of benzene rings is 2. The zero-order valence-corrected chi connectivity index (χ0v) is 14.7. The zero-order valence-electron chi connectivity index (χ0n) is 11.5. The molecular weight excluding hydrogens is 405 g/mol. The first-order valence-corrected chi connectivity index (χ1v) is 7.76. The monoisotopic (exact) mass is 417 g/mol. The molecule has 0 bridgehead atoms. The molecule has 0 saturated carbocycles. The van der Waals surface area contributed by atoms with Crippen LogP contribution in [0.1, 0.15) is 11.1 Å². The number of aromatic hydroxyl groups is 1. The highest BCUT2D eigenvalue weighted by Gasteiger charge is 2.09. The lowest BCUT2D eigenvalue weighted by Crippen LogP contribution is -2.02. The zero-order chi connectivity index (χ0) is 15.6. The van der Waals surface area contributed by atoms with Gasteiger partial charge in [-0.1, -0.05) is 0 Å². The first-order chi connectivity index (χ1) is 9.92. The number of halogens is 3. The molecule has 112 valence electrons. The van der Waals surface area contributed by atoms with Crippen molar-refractivity contribution in [2.24, 2.45) is 0 Å². The second-order valence-corrected chi connectivity index (χ2v) is 6.27. The molecule has 0 aliphatic carbocycles. The van der Waals surface area contributed by atoms with Crippen LogP contribution in [0.5, 0.6) is 11.5 Å². The van der Waals surface area contributed by atoms with Crippen molar-refractivity contribution in [2.75, 3.05) is 12.4 Å². The van der Waals surface area contributed by atoms with Gasteiger partial charge in [-0.2, -0.15) is 0 Å². The fraction of sp³-hybridized carbons (Fsp3) is 0.200. The summed E-state index contributed by atoms with van der Waals surface area (Å²) in [5, 5.41) is 13.0. The van der Waals surface area contributed by atoms with Crippen molar-refractivity contribution in [1.82, 2.24) is 0 Å². The van der Waals surface area contributed by atoms with Crippen LogP contribution in [0.25, 0.3) is 0 Å². The Bertz CT molecular complexity index is 677. The number of phenols is 1. The van der Waals surface area contributed by atoms with E-state index in [-0.39, 0.29) is 11.6 Å². The van der Waals surface area contributed by atoms with Crippen LogP contribution in [0.2, 0.25) is 0 Å². The van der Waals surface area contributed by atoms with Gasteiger partial charge in [-0.05, 0) is 74.2 Å². The lowest BCUT2D eigenvalue weighted by atomic mass is 10.1. The minimum absolute atomic E-state index is 0.0713. The van der Waals surface area contributed by atoms with E-state index < -0.39 is 0 Å². The molecule has 0 unspecified atom stereocenters. The second kappa shape index (κ2) is 6.66. The molecule has 0 amide bonds.